The van der Waals surface area contributed by atoms with Gasteiger partial charge in [0.1, 0.15) is 6.61 Å². The van der Waals surface area contributed by atoms with Crippen LogP contribution in [0.2, 0.25) is 0 Å². The Morgan fingerprint density at radius 1 is 1.09 bits per heavy atom. The van der Waals surface area contributed by atoms with Crippen molar-refractivity contribution in [3.8, 4) is 0 Å². The fourth-order valence-corrected chi connectivity index (χ4v) is 4.67. The SMILES string of the molecule is CC.CC.CCC1=C2Cn3c(cc4c(c3=O)COC(=O)C4O)C2Nc2cc(C)c(C)cc21. The van der Waals surface area contributed by atoms with Crippen LogP contribution in [0.25, 0.3) is 5.57 Å². The molecule has 0 aliphatic carbocycles. The molecule has 0 saturated heterocycles. The molecule has 0 radical (unpaired) electrons. The largest absolute Gasteiger partial charge is 0.458 e. The average molecular weight is 439 g/mol. The molecule has 172 valence electrons. The maximum absolute atomic E-state index is 13.1. The molecule has 2 N–H and O–H groups in total. The van der Waals surface area contributed by atoms with Gasteiger partial charge in [0.15, 0.2) is 6.10 Å². The highest BCUT2D eigenvalue weighted by Crippen LogP contribution is 2.46. The number of fused-ring (bicyclic) bond motifs is 5. The van der Waals surface area contributed by atoms with Gasteiger partial charge in [-0.15, -0.1) is 0 Å². The van der Waals surface area contributed by atoms with E-state index >= 15 is 0 Å². The molecule has 1 aromatic carbocycles. The van der Waals surface area contributed by atoms with E-state index in [0.717, 1.165) is 17.8 Å². The number of benzene rings is 1. The summed E-state index contributed by atoms with van der Waals surface area (Å²) in [6.45, 7) is 14.8. The number of aliphatic hydroxyl groups is 1. The molecule has 0 saturated carbocycles. The monoisotopic (exact) mass is 438 g/mol. The average Bonchev–Trinajstić information content (AvgIpc) is 3.17. The van der Waals surface area contributed by atoms with E-state index in [4.69, 9.17) is 4.74 Å². The van der Waals surface area contributed by atoms with Crippen LogP contribution in [-0.4, -0.2) is 15.6 Å². The van der Waals surface area contributed by atoms with Crippen molar-refractivity contribution in [3.63, 3.8) is 0 Å². The first-order chi connectivity index (χ1) is 15.4. The van der Waals surface area contributed by atoms with Crippen LogP contribution in [0.4, 0.5) is 5.69 Å². The molecular weight excluding hydrogens is 404 g/mol. The third-order valence-electron chi connectivity index (χ3n) is 6.32. The van der Waals surface area contributed by atoms with Crippen molar-refractivity contribution in [3.05, 3.63) is 67.6 Å². The van der Waals surface area contributed by atoms with E-state index in [1.807, 2.05) is 27.7 Å². The zero-order chi connectivity index (χ0) is 23.7. The highest BCUT2D eigenvalue weighted by atomic mass is 16.5. The van der Waals surface area contributed by atoms with Gasteiger partial charge >= 0.3 is 5.97 Å². The number of anilines is 1. The molecule has 3 aliphatic heterocycles. The van der Waals surface area contributed by atoms with Crippen LogP contribution in [0.1, 0.15) is 86.7 Å². The summed E-state index contributed by atoms with van der Waals surface area (Å²) in [5, 5.41) is 13.8. The molecule has 5 rings (SSSR count). The van der Waals surface area contributed by atoms with Crippen LogP contribution in [0, 0.1) is 13.8 Å². The second-order valence-electron chi connectivity index (χ2n) is 7.82. The van der Waals surface area contributed by atoms with Crippen molar-refractivity contribution in [1.29, 1.82) is 0 Å². The maximum Gasteiger partial charge on any atom is 0.340 e. The van der Waals surface area contributed by atoms with Crippen molar-refractivity contribution >= 4 is 17.2 Å². The molecule has 6 nitrogen and oxygen atoms in total. The summed E-state index contributed by atoms with van der Waals surface area (Å²) >= 11 is 0. The normalized spacial score (nSPS) is 19.7. The lowest BCUT2D eigenvalue weighted by Gasteiger charge is -2.29. The van der Waals surface area contributed by atoms with E-state index in [1.54, 1.807) is 10.6 Å². The second-order valence-corrected chi connectivity index (χ2v) is 7.82. The number of nitrogens with one attached hydrogen (secondary N) is 1. The minimum Gasteiger partial charge on any atom is -0.458 e. The third kappa shape index (κ3) is 3.56. The van der Waals surface area contributed by atoms with Crippen molar-refractivity contribution in [2.24, 2.45) is 0 Å². The Bertz CT molecular complexity index is 1140. The number of carbonyl (C=O) groups is 1. The second kappa shape index (κ2) is 9.33. The topological polar surface area (TPSA) is 80.6 Å². The molecule has 2 aromatic rings. The third-order valence-corrected chi connectivity index (χ3v) is 6.32. The Hall–Kier alpha value is -2.86. The number of aryl methyl sites for hydroxylation is 2. The Balaban J connectivity index is 0.000000686. The minimum absolute atomic E-state index is 0.0826. The van der Waals surface area contributed by atoms with E-state index in [-0.39, 0.29) is 18.2 Å². The Morgan fingerprint density at radius 3 is 2.41 bits per heavy atom. The number of esters is 1. The number of hydrogen-bond acceptors (Lipinski definition) is 5. The van der Waals surface area contributed by atoms with Crippen molar-refractivity contribution < 1.29 is 14.6 Å². The summed E-state index contributed by atoms with van der Waals surface area (Å²) in [6, 6.07) is 6.04. The number of allylic oxidation sites excluding steroid dienone is 1. The lowest BCUT2D eigenvalue weighted by atomic mass is 9.86. The fourth-order valence-electron chi connectivity index (χ4n) is 4.67. The van der Waals surface area contributed by atoms with Crippen molar-refractivity contribution in [2.75, 3.05) is 5.32 Å². The zero-order valence-electron chi connectivity index (χ0n) is 20.1. The number of pyridine rings is 1. The van der Waals surface area contributed by atoms with E-state index in [9.17, 15) is 14.7 Å². The molecule has 32 heavy (non-hydrogen) atoms. The van der Waals surface area contributed by atoms with Gasteiger partial charge in [-0.05, 0) is 60.7 Å². The van der Waals surface area contributed by atoms with Gasteiger partial charge in [0, 0.05) is 29.1 Å². The Labute approximate surface area is 189 Å². The van der Waals surface area contributed by atoms with Crippen LogP contribution in [0.15, 0.2) is 28.6 Å². The van der Waals surface area contributed by atoms with Gasteiger partial charge in [0.2, 0.25) is 0 Å². The number of ether oxygens (including phenoxy) is 1. The van der Waals surface area contributed by atoms with E-state index < -0.39 is 12.1 Å². The predicted octanol–water partition coefficient (Wildman–Crippen LogP) is 4.95. The zero-order valence-corrected chi connectivity index (χ0v) is 20.1. The van der Waals surface area contributed by atoms with Crippen LogP contribution in [0.3, 0.4) is 0 Å². The van der Waals surface area contributed by atoms with Crippen LogP contribution in [-0.2, 0) is 22.7 Å². The van der Waals surface area contributed by atoms with Gasteiger partial charge in [0.25, 0.3) is 5.56 Å². The molecule has 1 aromatic heterocycles. The van der Waals surface area contributed by atoms with Crippen molar-refractivity contribution in [2.45, 2.75) is 80.2 Å². The number of rotatable bonds is 1. The first-order valence-electron chi connectivity index (χ1n) is 11.6. The number of aliphatic hydroxyl groups excluding tert-OH is 1. The number of cyclic esters (lactones) is 1. The van der Waals surface area contributed by atoms with Crippen LogP contribution >= 0.6 is 0 Å². The summed E-state index contributed by atoms with van der Waals surface area (Å²) < 4.78 is 6.71. The van der Waals surface area contributed by atoms with E-state index in [0.29, 0.717) is 17.7 Å². The fraction of sp³-hybridized carbons (Fsp3) is 0.462. The summed E-state index contributed by atoms with van der Waals surface area (Å²) in [5.74, 6) is -0.701. The molecule has 6 heteroatoms. The standard InChI is InChI=1S/C22H22N2O4.2C2H6/c1-4-12-13-5-10(2)11(3)6-17(13)23-19-15(12)8-24-18(19)7-14-16(21(24)26)9-28-22(27)20(14)25;2*1-2/h5-7,19-20,23,25H,4,8-9H2,1-3H3;2*1-2H3. The van der Waals surface area contributed by atoms with Crippen LogP contribution in [0.5, 0.6) is 0 Å². The Morgan fingerprint density at radius 2 is 1.75 bits per heavy atom. The first kappa shape index (κ1) is 23.8. The lowest BCUT2D eigenvalue weighted by Crippen LogP contribution is -2.33. The quantitative estimate of drug-likeness (QED) is 0.616. The van der Waals surface area contributed by atoms with Gasteiger partial charge < -0.3 is 19.7 Å². The van der Waals surface area contributed by atoms with Gasteiger partial charge in [-0.3, -0.25) is 4.79 Å². The molecule has 0 amide bonds. The van der Waals surface area contributed by atoms with Gasteiger partial charge in [-0.2, -0.15) is 0 Å². The Kier molecular flexibility index (Phi) is 6.94. The highest BCUT2D eigenvalue weighted by molar-refractivity contribution is 5.84. The number of carbonyl (C=O) groups excluding carboxylic acids is 1. The summed E-state index contributed by atoms with van der Waals surface area (Å²) in [5.41, 5.74) is 8.51. The first-order valence-corrected chi connectivity index (χ1v) is 11.6. The van der Waals surface area contributed by atoms with Gasteiger partial charge in [0.05, 0.1) is 11.6 Å². The molecule has 0 bridgehead atoms. The summed E-state index contributed by atoms with van der Waals surface area (Å²) in [7, 11) is 0. The molecule has 2 atom stereocenters. The minimum atomic E-state index is -1.40. The molecule has 0 fully saturated rings. The number of hydrogen-bond donors (Lipinski definition) is 2. The highest BCUT2D eigenvalue weighted by Gasteiger charge is 2.38. The summed E-state index contributed by atoms with van der Waals surface area (Å²) in [4.78, 5) is 24.9. The molecular formula is C26H34N2O4. The molecule has 2 unspecified atom stereocenters. The number of aromatic nitrogens is 1. The molecule has 3 aliphatic rings. The summed E-state index contributed by atoms with van der Waals surface area (Å²) in [6.07, 6.45) is -0.530. The lowest BCUT2D eigenvalue weighted by molar-refractivity contribution is -0.157. The molecule has 4 heterocycles. The smallest absolute Gasteiger partial charge is 0.340 e. The van der Waals surface area contributed by atoms with Crippen molar-refractivity contribution in [1.82, 2.24) is 4.57 Å². The van der Waals surface area contributed by atoms with E-state index in [1.165, 1.54) is 27.8 Å². The maximum atomic E-state index is 13.1. The van der Waals surface area contributed by atoms with Gasteiger partial charge in [-0.25, -0.2) is 4.79 Å². The van der Waals surface area contributed by atoms with E-state index in [2.05, 4.69) is 38.2 Å². The number of nitrogens with zero attached hydrogens (tertiary/aromatic N) is 1. The predicted molar refractivity (Wildman–Crippen MR) is 128 cm³/mol. The van der Waals surface area contributed by atoms with Gasteiger partial charge in [-0.1, -0.05) is 34.6 Å². The molecule has 0 spiro atoms. The van der Waals surface area contributed by atoms with Crippen LogP contribution < -0.4 is 10.9 Å².